The number of methoxy groups -OCH3 is 1. The maximum Gasteiger partial charge on any atom is 0.144 e. The second-order valence-corrected chi connectivity index (χ2v) is 5.73. The third kappa shape index (κ3) is 3.00. The summed E-state index contributed by atoms with van der Waals surface area (Å²) in [6.07, 6.45) is 4.41. The van der Waals surface area contributed by atoms with Crippen molar-refractivity contribution >= 4 is 0 Å². The minimum absolute atomic E-state index is 0.617. The van der Waals surface area contributed by atoms with Crippen molar-refractivity contribution in [3.05, 3.63) is 42.2 Å². The lowest BCUT2D eigenvalue weighted by Gasteiger charge is -2.24. The van der Waals surface area contributed by atoms with E-state index in [4.69, 9.17) is 4.74 Å². The van der Waals surface area contributed by atoms with Crippen LogP contribution in [0.15, 0.2) is 36.5 Å². The van der Waals surface area contributed by atoms with Gasteiger partial charge in [0, 0.05) is 25.3 Å². The molecule has 0 radical (unpaired) electrons. The van der Waals surface area contributed by atoms with E-state index >= 15 is 0 Å². The summed E-state index contributed by atoms with van der Waals surface area (Å²) in [5.74, 6) is 0.848. The quantitative estimate of drug-likeness (QED) is 0.887. The van der Waals surface area contributed by atoms with Gasteiger partial charge < -0.3 is 10.1 Å². The molecule has 22 heavy (non-hydrogen) atoms. The molecule has 1 atom stereocenters. The lowest BCUT2D eigenvalue weighted by Crippen LogP contribution is -2.36. The van der Waals surface area contributed by atoms with Gasteiger partial charge in [0.1, 0.15) is 11.4 Å². The lowest BCUT2D eigenvalue weighted by atomic mass is 10.2. The standard InChI is InChI=1S/C17H24N4O/c1-18-12-14-6-5-11-20(14)13-15-9-10-19-21(15)16-7-3-4-8-17(16)22-2/h3-4,7-10,14,18H,5-6,11-13H2,1-2H3. The number of nitrogens with one attached hydrogen (secondary N) is 1. The van der Waals surface area contributed by atoms with Gasteiger partial charge in [0.05, 0.1) is 12.8 Å². The zero-order chi connectivity index (χ0) is 15.4. The summed E-state index contributed by atoms with van der Waals surface area (Å²) < 4.78 is 7.46. The van der Waals surface area contributed by atoms with E-state index in [2.05, 4.69) is 21.4 Å². The lowest BCUT2D eigenvalue weighted by molar-refractivity contribution is 0.237. The Kier molecular flexibility index (Phi) is 4.75. The summed E-state index contributed by atoms with van der Waals surface area (Å²) in [7, 11) is 3.72. The molecule has 5 heteroatoms. The van der Waals surface area contributed by atoms with Crippen LogP contribution >= 0.6 is 0 Å². The van der Waals surface area contributed by atoms with E-state index in [1.807, 2.05) is 42.2 Å². The highest BCUT2D eigenvalue weighted by molar-refractivity contribution is 5.46. The molecule has 1 unspecified atom stereocenters. The van der Waals surface area contributed by atoms with E-state index < -0.39 is 0 Å². The maximum atomic E-state index is 5.47. The molecule has 1 fully saturated rings. The van der Waals surface area contributed by atoms with Gasteiger partial charge in [-0.15, -0.1) is 0 Å². The van der Waals surface area contributed by atoms with Gasteiger partial charge in [-0.3, -0.25) is 4.90 Å². The largest absolute Gasteiger partial charge is 0.494 e. The summed E-state index contributed by atoms with van der Waals surface area (Å²) in [6, 6.07) is 10.7. The molecule has 1 aliphatic heterocycles. The summed E-state index contributed by atoms with van der Waals surface area (Å²) >= 11 is 0. The van der Waals surface area contributed by atoms with E-state index in [0.29, 0.717) is 6.04 Å². The van der Waals surface area contributed by atoms with Gasteiger partial charge in [0.2, 0.25) is 0 Å². The molecule has 0 spiro atoms. The average molecular weight is 300 g/mol. The van der Waals surface area contributed by atoms with E-state index in [-0.39, 0.29) is 0 Å². The molecule has 0 aliphatic carbocycles. The van der Waals surface area contributed by atoms with Crippen LogP contribution in [0.2, 0.25) is 0 Å². The first-order chi connectivity index (χ1) is 10.8. The first kappa shape index (κ1) is 15.1. The molecule has 1 aliphatic rings. The van der Waals surface area contributed by atoms with Crippen LogP contribution in [-0.2, 0) is 6.54 Å². The van der Waals surface area contributed by atoms with Crippen molar-refractivity contribution in [2.24, 2.45) is 0 Å². The van der Waals surface area contributed by atoms with Gasteiger partial charge in [-0.1, -0.05) is 12.1 Å². The number of ether oxygens (including phenoxy) is 1. The van der Waals surface area contributed by atoms with Gasteiger partial charge >= 0.3 is 0 Å². The first-order valence-corrected chi connectivity index (χ1v) is 7.88. The topological polar surface area (TPSA) is 42.3 Å². The number of likely N-dealkylation sites (tertiary alicyclic amines) is 1. The van der Waals surface area contributed by atoms with Crippen molar-refractivity contribution in [2.75, 3.05) is 27.2 Å². The zero-order valence-electron chi connectivity index (χ0n) is 13.3. The van der Waals surface area contributed by atoms with Crippen LogP contribution in [0.4, 0.5) is 0 Å². The third-order valence-corrected chi connectivity index (χ3v) is 4.34. The molecule has 2 aromatic rings. The predicted octanol–water partition coefficient (Wildman–Crippen LogP) is 2.06. The molecule has 118 valence electrons. The average Bonchev–Trinajstić information content (AvgIpc) is 3.18. The Labute approximate surface area is 131 Å². The number of hydrogen-bond acceptors (Lipinski definition) is 4. The van der Waals surface area contributed by atoms with Gasteiger partial charge in [-0.05, 0) is 44.6 Å². The van der Waals surface area contributed by atoms with Crippen LogP contribution in [0, 0.1) is 0 Å². The number of hydrogen-bond donors (Lipinski definition) is 1. The Morgan fingerprint density at radius 1 is 1.32 bits per heavy atom. The summed E-state index contributed by atoms with van der Waals surface area (Å²) in [5.41, 5.74) is 2.20. The minimum Gasteiger partial charge on any atom is -0.494 e. The predicted molar refractivity (Wildman–Crippen MR) is 87.5 cm³/mol. The van der Waals surface area contributed by atoms with Gasteiger partial charge in [-0.25, -0.2) is 4.68 Å². The smallest absolute Gasteiger partial charge is 0.144 e. The highest BCUT2D eigenvalue weighted by Crippen LogP contribution is 2.25. The molecule has 0 amide bonds. The molecule has 1 saturated heterocycles. The summed E-state index contributed by atoms with van der Waals surface area (Å²) in [6.45, 7) is 3.12. The number of para-hydroxylation sites is 2. The maximum absolute atomic E-state index is 5.47. The van der Waals surface area contributed by atoms with Crippen LogP contribution < -0.4 is 10.1 Å². The Hall–Kier alpha value is -1.85. The highest BCUT2D eigenvalue weighted by Gasteiger charge is 2.25. The van der Waals surface area contributed by atoms with Crippen molar-refractivity contribution in [1.82, 2.24) is 20.0 Å². The van der Waals surface area contributed by atoms with E-state index in [1.54, 1.807) is 7.11 Å². The third-order valence-electron chi connectivity index (χ3n) is 4.34. The molecule has 1 aromatic carbocycles. The monoisotopic (exact) mass is 300 g/mol. The highest BCUT2D eigenvalue weighted by atomic mass is 16.5. The van der Waals surface area contributed by atoms with Crippen LogP contribution in [0.1, 0.15) is 18.5 Å². The van der Waals surface area contributed by atoms with Gasteiger partial charge in [0.25, 0.3) is 0 Å². The van der Waals surface area contributed by atoms with Crippen molar-refractivity contribution in [2.45, 2.75) is 25.4 Å². The molecular formula is C17H24N4O. The molecular weight excluding hydrogens is 276 g/mol. The Bertz CT molecular complexity index is 610. The van der Waals surface area contributed by atoms with Crippen LogP contribution in [-0.4, -0.2) is 48.0 Å². The van der Waals surface area contributed by atoms with E-state index in [1.165, 1.54) is 18.5 Å². The first-order valence-electron chi connectivity index (χ1n) is 7.88. The Morgan fingerprint density at radius 3 is 3.00 bits per heavy atom. The molecule has 3 rings (SSSR count). The van der Waals surface area contributed by atoms with Gasteiger partial charge in [0.15, 0.2) is 0 Å². The fraction of sp³-hybridized carbons (Fsp3) is 0.471. The van der Waals surface area contributed by atoms with Crippen LogP contribution in [0.3, 0.4) is 0 Å². The molecule has 1 N–H and O–H groups in total. The van der Waals surface area contributed by atoms with E-state index in [9.17, 15) is 0 Å². The SMILES string of the molecule is CNCC1CCCN1Cc1ccnn1-c1ccccc1OC. The fourth-order valence-corrected chi connectivity index (χ4v) is 3.25. The molecule has 0 bridgehead atoms. The van der Waals surface area contributed by atoms with Crippen molar-refractivity contribution in [3.63, 3.8) is 0 Å². The Morgan fingerprint density at radius 2 is 2.18 bits per heavy atom. The van der Waals surface area contributed by atoms with Crippen molar-refractivity contribution < 1.29 is 4.74 Å². The molecule has 0 saturated carbocycles. The number of benzene rings is 1. The normalized spacial score (nSPS) is 18.7. The fourth-order valence-electron chi connectivity index (χ4n) is 3.25. The number of likely N-dealkylation sites (N-methyl/N-ethyl adjacent to an activating group) is 1. The summed E-state index contributed by atoms with van der Waals surface area (Å²) in [4.78, 5) is 2.54. The van der Waals surface area contributed by atoms with E-state index in [0.717, 1.165) is 31.1 Å². The van der Waals surface area contributed by atoms with Crippen molar-refractivity contribution in [1.29, 1.82) is 0 Å². The summed E-state index contributed by atoms with van der Waals surface area (Å²) in [5, 5.41) is 7.80. The van der Waals surface area contributed by atoms with Gasteiger partial charge in [-0.2, -0.15) is 5.10 Å². The molecule has 2 heterocycles. The Balaban J connectivity index is 1.83. The van der Waals surface area contributed by atoms with Crippen LogP contribution in [0.5, 0.6) is 5.75 Å². The number of rotatable bonds is 6. The molecule has 5 nitrogen and oxygen atoms in total. The second kappa shape index (κ2) is 6.94. The number of aromatic nitrogens is 2. The second-order valence-electron chi connectivity index (χ2n) is 5.73. The minimum atomic E-state index is 0.617. The number of nitrogens with zero attached hydrogens (tertiary/aromatic N) is 3. The van der Waals surface area contributed by atoms with Crippen molar-refractivity contribution in [3.8, 4) is 11.4 Å². The molecule has 1 aromatic heterocycles. The van der Waals surface area contributed by atoms with Crippen LogP contribution in [0.25, 0.3) is 5.69 Å². The zero-order valence-corrected chi connectivity index (χ0v) is 13.3.